The van der Waals surface area contributed by atoms with Crippen molar-refractivity contribution < 1.29 is 46.6 Å². The smallest absolute Gasteiger partial charge is 0.741 e. The minimum Gasteiger partial charge on any atom is -0.741 e. The molecule has 0 heterocycles. The van der Waals surface area contributed by atoms with Gasteiger partial charge in [0, 0.05) is 0 Å². The van der Waals surface area contributed by atoms with Crippen LogP contribution < -0.4 is 0 Å². The quantitative estimate of drug-likeness (QED) is 0.129. The summed E-state index contributed by atoms with van der Waals surface area (Å²) in [6.45, 7) is 8.75. The molecule has 3 aliphatic rings. The van der Waals surface area contributed by atoms with Crippen LogP contribution in [0.25, 0.3) is 0 Å². The summed E-state index contributed by atoms with van der Waals surface area (Å²) in [6.07, 6.45) is 19.0. The minimum absolute atomic E-state index is 0. The molecule has 9 heteroatoms. The Kier molecular flexibility index (Phi) is 13.9. The van der Waals surface area contributed by atoms with Crippen molar-refractivity contribution in [2.45, 2.75) is 106 Å². The average Bonchev–Trinajstić information content (AvgIpc) is 3.31. The van der Waals surface area contributed by atoms with E-state index < -0.39 is 15.6 Å². The van der Waals surface area contributed by atoms with Gasteiger partial charge >= 0.3 is 25.9 Å². The summed E-state index contributed by atoms with van der Waals surface area (Å²) in [7, 11) is -5.65. The second-order valence-corrected chi connectivity index (χ2v) is 12.6. The molecule has 0 N–H and O–H groups in total. The Balaban J connectivity index is 0.000000515. The van der Waals surface area contributed by atoms with Crippen LogP contribution in [0, 0.1) is 6.92 Å². The summed E-state index contributed by atoms with van der Waals surface area (Å²) in [5.74, 6) is 0. The number of alkyl halides is 3. The Bertz CT molecular complexity index is 524. The summed E-state index contributed by atoms with van der Waals surface area (Å²) in [5, 5.41) is 0. The van der Waals surface area contributed by atoms with Crippen LogP contribution in [0.15, 0.2) is 12.2 Å². The number of hydrogen-bond donors (Lipinski definition) is 0. The van der Waals surface area contributed by atoms with Crippen molar-refractivity contribution in [3.8, 4) is 0 Å². The zero-order valence-corrected chi connectivity index (χ0v) is 20.4. The summed E-state index contributed by atoms with van der Waals surface area (Å²) in [4.78, 5) is 0. The maximum Gasteiger partial charge on any atom is 2.00 e. The van der Waals surface area contributed by atoms with Gasteiger partial charge in [0.25, 0.3) is 0 Å². The summed E-state index contributed by atoms with van der Waals surface area (Å²) in [5.41, 5.74) is -1.10. The minimum atomic E-state index is -6.09. The average molecular weight is 549 g/mol. The first-order chi connectivity index (χ1) is 12.9. The van der Waals surface area contributed by atoms with Gasteiger partial charge in [0.2, 0.25) is 0 Å². The molecule has 0 aromatic heterocycles. The van der Waals surface area contributed by atoms with Crippen LogP contribution in [0.1, 0.15) is 84.0 Å². The van der Waals surface area contributed by atoms with Gasteiger partial charge in [-0.2, -0.15) is 13.2 Å². The fourth-order valence-corrected chi connectivity index (χ4v) is 9.17. The van der Waals surface area contributed by atoms with Crippen molar-refractivity contribution in [1.82, 2.24) is 0 Å². The first kappa shape index (κ1) is 29.4. The molecule has 0 radical (unpaired) electrons. The van der Waals surface area contributed by atoms with E-state index in [4.69, 9.17) is 13.0 Å². The van der Waals surface area contributed by atoms with Gasteiger partial charge in [0.05, 0.1) is 0 Å². The number of rotatable bonds is 3. The predicted molar refractivity (Wildman–Crippen MR) is 110 cm³/mol. The van der Waals surface area contributed by atoms with Crippen LogP contribution >= 0.6 is 7.92 Å². The van der Waals surface area contributed by atoms with Crippen LogP contribution in [-0.2, 0) is 30.5 Å². The Morgan fingerprint density at radius 3 is 1.21 bits per heavy atom. The van der Waals surface area contributed by atoms with Crippen LogP contribution in [-0.4, -0.2) is 35.5 Å². The molecular weight excluding hydrogens is 515 g/mol. The number of allylic oxidation sites excluding steroid dienone is 1. The molecule has 0 amide bonds. The third kappa shape index (κ3) is 11.0. The molecule has 29 heavy (non-hydrogen) atoms. The maximum atomic E-state index is 10.7. The standard InChI is InChI=1S/C15H27P.C4H7.CHF3O3S.Pd/c1-2-8-13(7-1)16(14-9-3-4-10-14)15-11-5-6-12-15;1-4(2)3;2-1(3,4)8(5,6)7;/h13-15H,1-12H2;1-2H2,3H3;(H,5,6,7);/q;-1;;+2/p-1. The van der Waals surface area contributed by atoms with Gasteiger partial charge in [0.1, 0.15) is 0 Å². The van der Waals surface area contributed by atoms with Gasteiger partial charge in [-0.15, -0.1) is 0 Å². The third-order valence-corrected chi connectivity index (χ3v) is 10.2. The maximum absolute atomic E-state index is 10.7. The van der Waals surface area contributed by atoms with E-state index in [2.05, 4.69) is 13.5 Å². The fourth-order valence-electron chi connectivity index (χ4n) is 4.50. The van der Waals surface area contributed by atoms with Crippen molar-refractivity contribution in [3.63, 3.8) is 0 Å². The second-order valence-electron chi connectivity index (χ2n) is 8.12. The third-order valence-electron chi connectivity index (χ3n) is 5.52. The van der Waals surface area contributed by atoms with Gasteiger partial charge in [-0.25, -0.2) is 27.5 Å². The van der Waals surface area contributed by atoms with E-state index in [0.717, 1.165) is 5.57 Å². The summed E-state index contributed by atoms with van der Waals surface area (Å²) in [6, 6.07) is 0. The molecule has 0 aromatic rings. The van der Waals surface area contributed by atoms with Crippen LogP contribution in [0.2, 0.25) is 0 Å². The Hall–Kier alpha value is 0.402. The molecule has 0 saturated heterocycles. The predicted octanol–water partition coefficient (Wildman–Crippen LogP) is 6.74. The van der Waals surface area contributed by atoms with Gasteiger partial charge < -0.3 is 4.55 Å². The molecule has 0 unspecified atom stereocenters. The van der Waals surface area contributed by atoms with Crippen molar-refractivity contribution in [2.75, 3.05) is 0 Å². The Morgan fingerprint density at radius 1 is 0.897 bits per heavy atom. The van der Waals surface area contributed by atoms with E-state index in [0.29, 0.717) is 7.92 Å². The summed E-state index contributed by atoms with van der Waals surface area (Å²) < 4.78 is 58.9. The molecular formula is C20H34F3O3PPdS. The van der Waals surface area contributed by atoms with Gasteiger partial charge in [-0.05, 0) is 55.5 Å². The molecule has 174 valence electrons. The fraction of sp³-hybridized carbons (Fsp3) is 0.850. The molecule has 3 nitrogen and oxygen atoms in total. The largest absolute Gasteiger partial charge is 2.00 e. The molecule has 0 bridgehead atoms. The van der Waals surface area contributed by atoms with Crippen LogP contribution in [0.4, 0.5) is 13.2 Å². The monoisotopic (exact) mass is 548 g/mol. The molecule has 3 saturated carbocycles. The zero-order valence-electron chi connectivity index (χ0n) is 17.2. The molecule has 0 atom stereocenters. The van der Waals surface area contributed by atoms with Crippen molar-refractivity contribution in [1.29, 1.82) is 0 Å². The molecule has 0 spiro atoms. The molecule has 3 fully saturated rings. The van der Waals surface area contributed by atoms with E-state index in [-0.39, 0.29) is 20.4 Å². The molecule has 0 aliphatic heterocycles. The Morgan fingerprint density at radius 2 is 1.07 bits per heavy atom. The first-order valence-electron chi connectivity index (χ1n) is 10.2. The first-order valence-corrected chi connectivity index (χ1v) is 13.2. The van der Waals surface area contributed by atoms with Gasteiger partial charge in [0.15, 0.2) is 10.1 Å². The number of halogens is 3. The van der Waals surface area contributed by atoms with Crippen LogP contribution in [0.5, 0.6) is 0 Å². The zero-order chi connectivity index (χ0) is 21.4. The molecule has 0 aromatic carbocycles. The van der Waals surface area contributed by atoms with Crippen molar-refractivity contribution in [2.24, 2.45) is 0 Å². The second kappa shape index (κ2) is 13.7. The van der Waals surface area contributed by atoms with Crippen LogP contribution in [0.3, 0.4) is 0 Å². The molecule has 3 rings (SSSR count). The van der Waals surface area contributed by atoms with E-state index in [9.17, 15) is 13.2 Å². The van der Waals surface area contributed by atoms with E-state index in [1.54, 1.807) is 77.0 Å². The normalized spacial score (nSPS) is 21.2. The van der Waals surface area contributed by atoms with Gasteiger partial charge in [-0.1, -0.05) is 53.4 Å². The van der Waals surface area contributed by atoms with Gasteiger partial charge in [-0.3, -0.25) is 0 Å². The Labute approximate surface area is 189 Å². The van der Waals surface area contributed by atoms with E-state index in [1.807, 2.05) is 6.92 Å². The SMILES string of the molecule is C1CCC(P(C2CCCC2)C2CCCC2)C1.C=C([CH2-])C.O=S(=O)([O-])C(F)(F)F.[Pd+2]. The van der Waals surface area contributed by atoms with Crippen molar-refractivity contribution >= 4 is 18.0 Å². The van der Waals surface area contributed by atoms with Crippen molar-refractivity contribution in [3.05, 3.63) is 19.1 Å². The summed E-state index contributed by atoms with van der Waals surface area (Å²) >= 11 is 0. The van der Waals surface area contributed by atoms with E-state index in [1.165, 1.54) is 17.0 Å². The topological polar surface area (TPSA) is 57.2 Å². The molecule has 3 aliphatic carbocycles. The number of hydrogen-bond acceptors (Lipinski definition) is 3. The van der Waals surface area contributed by atoms with E-state index >= 15 is 0 Å².